The molecule has 2 fully saturated rings. The normalized spacial score (nSPS) is 27.5. The molecule has 1 saturated heterocycles. The number of carbonyl (C=O) groups is 3. The lowest BCUT2D eigenvalue weighted by atomic mass is 9.85. The van der Waals surface area contributed by atoms with Gasteiger partial charge in [-0.05, 0) is 60.6 Å². The van der Waals surface area contributed by atoms with Gasteiger partial charge in [0.25, 0.3) is 0 Å². The van der Waals surface area contributed by atoms with Crippen molar-refractivity contribution in [3.8, 4) is 11.1 Å². The van der Waals surface area contributed by atoms with Crippen LogP contribution in [0.1, 0.15) is 13.3 Å². The van der Waals surface area contributed by atoms with Crippen molar-refractivity contribution in [2.75, 3.05) is 5.32 Å². The largest absolute Gasteiger partial charge is 0.324 e. The van der Waals surface area contributed by atoms with E-state index in [-0.39, 0.29) is 41.3 Å². The van der Waals surface area contributed by atoms with Crippen LogP contribution >= 0.6 is 0 Å². The number of rotatable bonds is 4. The molecule has 30 heavy (non-hydrogen) atoms. The van der Waals surface area contributed by atoms with Gasteiger partial charge in [0.05, 0.1) is 11.8 Å². The zero-order valence-electron chi connectivity index (χ0n) is 16.4. The number of halogens is 1. The molecular weight excluding hydrogens is 383 g/mol. The third-order valence-corrected chi connectivity index (χ3v) is 6.58. The number of nitrogens with one attached hydrogen (secondary N) is 1. The predicted molar refractivity (Wildman–Crippen MR) is 109 cm³/mol. The lowest BCUT2D eigenvalue weighted by Gasteiger charge is -2.23. The molecule has 2 aromatic carbocycles. The van der Waals surface area contributed by atoms with E-state index in [0.717, 1.165) is 22.4 Å². The van der Waals surface area contributed by atoms with Gasteiger partial charge in [0.1, 0.15) is 11.9 Å². The zero-order valence-corrected chi connectivity index (χ0v) is 16.4. The summed E-state index contributed by atoms with van der Waals surface area (Å²) >= 11 is 0. The predicted octanol–water partition coefficient (Wildman–Crippen LogP) is 3.63. The van der Waals surface area contributed by atoms with Crippen molar-refractivity contribution in [2.45, 2.75) is 19.4 Å². The van der Waals surface area contributed by atoms with Crippen molar-refractivity contribution >= 4 is 23.4 Å². The minimum atomic E-state index is -0.877. The maximum absolute atomic E-state index is 13.4. The van der Waals surface area contributed by atoms with E-state index in [0.29, 0.717) is 5.69 Å². The van der Waals surface area contributed by atoms with Crippen LogP contribution in [-0.4, -0.2) is 28.7 Å². The Morgan fingerprint density at radius 1 is 1.00 bits per heavy atom. The topological polar surface area (TPSA) is 66.5 Å². The number of anilines is 1. The SMILES string of the molecule is CC(C(=O)Nc1ccc(-c2cccc(F)c2)cc1)N1C(=O)C2C3C=CC(C3)C2C1=O. The molecule has 3 amide bonds. The summed E-state index contributed by atoms with van der Waals surface area (Å²) in [6, 6.07) is 12.4. The second-order valence-corrected chi connectivity index (χ2v) is 8.30. The van der Waals surface area contributed by atoms with Crippen LogP contribution in [0.25, 0.3) is 11.1 Å². The minimum absolute atomic E-state index is 0.118. The number of allylic oxidation sites excluding steroid dienone is 2. The Bertz CT molecular complexity index is 1050. The first-order valence-electron chi connectivity index (χ1n) is 10.2. The van der Waals surface area contributed by atoms with Crippen LogP contribution < -0.4 is 5.32 Å². The molecule has 0 radical (unpaired) electrons. The number of nitrogens with zero attached hydrogens (tertiary/aromatic N) is 1. The van der Waals surface area contributed by atoms with Crippen molar-refractivity contribution < 1.29 is 18.8 Å². The van der Waals surface area contributed by atoms with Gasteiger partial charge in [0, 0.05) is 5.69 Å². The molecule has 1 N–H and O–H groups in total. The molecule has 5 rings (SSSR count). The van der Waals surface area contributed by atoms with Crippen LogP contribution in [0.3, 0.4) is 0 Å². The number of benzene rings is 2. The summed E-state index contributed by atoms with van der Waals surface area (Å²) in [5.74, 6) is -1.57. The molecule has 152 valence electrons. The Labute approximate surface area is 173 Å². The highest BCUT2D eigenvalue weighted by Gasteiger charge is 2.60. The first kappa shape index (κ1) is 18.7. The Morgan fingerprint density at radius 2 is 1.63 bits per heavy atom. The average Bonchev–Trinajstić information content (AvgIpc) is 3.42. The van der Waals surface area contributed by atoms with Crippen LogP contribution in [0.2, 0.25) is 0 Å². The summed E-state index contributed by atoms with van der Waals surface area (Å²) < 4.78 is 13.4. The summed E-state index contributed by atoms with van der Waals surface area (Å²) in [5.41, 5.74) is 2.11. The first-order chi connectivity index (χ1) is 14.4. The smallest absolute Gasteiger partial charge is 0.247 e. The van der Waals surface area contributed by atoms with E-state index in [4.69, 9.17) is 0 Å². The summed E-state index contributed by atoms with van der Waals surface area (Å²) in [6.07, 6.45) is 4.93. The molecule has 5 nitrogen and oxygen atoms in total. The molecule has 2 bridgehead atoms. The molecule has 1 saturated carbocycles. The van der Waals surface area contributed by atoms with Gasteiger partial charge in [0.2, 0.25) is 17.7 Å². The Balaban J connectivity index is 1.29. The maximum Gasteiger partial charge on any atom is 0.247 e. The fourth-order valence-corrected chi connectivity index (χ4v) is 5.09. The number of likely N-dealkylation sites (tertiary alicyclic amines) is 1. The van der Waals surface area contributed by atoms with E-state index in [1.807, 2.05) is 18.2 Å². The number of hydrogen-bond acceptors (Lipinski definition) is 3. The van der Waals surface area contributed by atoms with Crippen LogP contribution in [0, 0.1) is 29.5 Å². The molecule has 6 heteroatoms. The third-order valence-electron chi connectivity index (χ3n) is 6.58. The number of carbonyl (C=O) groups excluding carboxylic acids is 3. The highest BCUT2D eigenvalue weighted by molar-refractivity contribution is 6.10. The second kappa shape index (κ2) is 6.90. The summed E-state index contributed by atoms with van der Waals surface area (Å²) in [6.45, 7) is 1.59. The van der Waals surface area contributed by atoms with Crippen LogP contribution in [0.5, 0.6) is 0 Å². The fourth-order valence-electron chi connectivity index (χ4n) is 5.09. The molecule has 0 spiro atoms. The summed E-state index contributed by atoms with van der Waals surface area (Å²) in [5, 5.41) is 2.78. The Kier molecular flexibility index (Phi) is 4.31. The lowest BCUT2D eigenvalue weighted by molar-refractivity contribution is -0.146. The van der Waals surface area contributed by atoms with Crippen LogP contribution in [-0.2, 0) is 14.4 Å². The van der Waals surface area contributed by atoms with E-state index in [1.165, 1.54) is 12.1 Å². The van der Waals surface area contributed by atoms with E-state index in [2.05, 4.69) is 5.32 Å². The Morgan fingerprint density at radius 3 is 2.23 bits per heavy atom. The van der Waals surface area contributed by atoms with Gasteiger partial charge in [-0.15, -0.1) is 0 Å². The quantitative estimate of drug-likeness (QED) is 0.625. The van der Waals surface area contributed by atoms with Crippen molar-refractivity contribution in [3.63, 3.8) is 0 Å². The van der Waals surface area contributed by atoms with E-state index in [9.17, 15) is 18.8 Å². The molecule has 1 aliphatic heterocycles. The van der Waals surface area contributed by atoms with Crippen molar-refractivity contribution in [1.29, 1.82) is 0 Å². The van der Waals surface area contributed by atoms with Gasteiger partial charge in [-0.1, -0.05) is 36.4 Å². The van der Waals surface area contributed by atoms with Crippen molar-refractivity contribution in [3.05, 3.63) is 66.5 Å². The van der Waals surface area contributed by atoms with E-state index < -0.39 is 11.9 Å². The number of fused-ring (bicyclic) bond motifs is 5. The molecule has 2 aromatic rings. The van der Waals surface area contributed by atoms with Crippen molar-refractivity contribution in [1.82, 2.24) is 4.90 Å². The summed E-state index contributed by atoms with van der Waals surface area (Å²) in [4.78, 5) is 39.7. The first-order valence-corrected chi connectivity index (χ1v) is 10.2. The highest BCUT2D eigenvalue weighted by Crippen LogP contribution is 2.52. The highest BCUT2D eigenvalue weighted by atomic mass is 19.1. The van der Waals surface area contributed by atoms with Crippen LogP contribution in [0.4, 0.5) is 10.1 Å². The maximum atomic E-state index is 13.4. The van der Waals surface area contributed by atoms with E-state index in [1.54, 1.807) is 37.3 Å². The minimum Gasteiger partial charge on any atom is -0.324 e. The number of hydrogen-bond donors (Lipinski definition) is 1. The third kappa shape index (κ3) is 2.86. The van der Waals surface area contributed by atoms with Gasteiger partial charge >= 0.3 is 0 Å². The zero-order chi connectivity index (χ0) is 21.0. The molecule has 2 aliphatic carbocycles. The second-order valence-electron chi connectivity index (χ2n) is 8.30. The molecule has 1 heterocycles. The summed E-state index contributed by atoms with van der Waals surface area (Å²) in [7, 11) is 0. The lowest BCUT2D eigenvalue weighted by Crippen LogP contribution is -2.46. The number of imide groups is 1. The molecular formula is C24H21FN2O3. The fraction of sp³-hybridized carbons (Fsp3) is 0.292. The van der Waals surface area contributed by atoms with Gasteiger partial charge in [-0.3, -0.25) is 19.3 Å². The van der Waals surface area contributed by atoms with Gasteiger partial charge in [-0.25, -0.2) is 4.39 Å². The average molecular weight is 404 g/mol. The monoisotopic (exact) mass is 404 g/mol. The Hall–Kier alpha value is -3.28. The van der Waals surface area contributed by atoms with Gasteiger partial charge in [0.15, 0.2) is 0 Å². The number of amides is 3. The van der Waals surface area contributed by atoms with E-state index >= 15 is 0 Å². The van der Waals surface area contributed by atoms with Crippen molar-refractivity contribution in [2.24, 2.45) is 23.7 Å². The molecule has 0 aromatic heterocycles. The standard InChI is InChI=1S/C24H21FN2O3/c1-13(27-23(29)20-16-5-6-17(11-16)21(20)24(27)30)22(28)26-19-9-7-14(8-10-19)15-3-2-4-18(25)12-15/h2-10,12-13,16-17,20-21H,11H2,1H3,(H,26,28). The van der Waals surface area contributed by atoms with Crippen LogP contribution in [0.15, 0.2) is 60.7 Å². The van der Waals surface area contributed by atoms with Gasteiger partial charge in [-0.2, -0.15) is 0 Å². The molecule has 5 atom stereocenters. The van der Waals surface area contributed by atoms with Gasteiger partial charge < -0.3 is 5.32 Å². The molecule has 3 aliphatic rings. The molecule has 5 unspecified atom stereocenters.